The number of piperidine rings is 1. The van der Waals surface area contributed by atoms with Crippen LogP contribution in [0.5, 0.6) is 0 Å². The number of nitrogens with zero attached hydrogens (tertiary/aromatic N) is 2. The molecule has 6 heteroatoms. The molecule has 1 unspecified atom stereocenters. The van der Waals surface area contributed by atoms with Crippen molar-refractivity contribution in [3.63, 3.8) is 0 Å². The first-order valence-corrected chi connectivity index (χ1v) is 10.3. The number of alkyl carbamates (subject to hydrolysis) is 1. The first kappa shape index (κ1) is 21.0. The summed E-state index contributed by atoms with van der Waals surface area (Å²) in [6, 6.07) is 5.93. The lowest BCUT2D eigenvalue weighted by atomic mass is 10.0. The second kappa shape index (κ2) is 8.31. The Morgan fingerprint density at radius 2 is 2.10 bits per heavy atom. The molecule has 156 valence electrons. The third-order valence-electron chi connectivity index (χ3n) is 5.14. The van der Waals surface area contributed by atoms with E-state index in [1.54, 1.807) is 0 Å². The number of amides is 2. The predicted molar refractivity (Wildman–Crippen MR) is 116 cm³/mol. The Balaban J connectivity index is 1.78. The van der Waals surface area contributed by atoms with Crippen LogP contribution in [0.2, 0.25) is 0 Å². The molecule has 1 atom stereocenters. The highest BCUT2D eigenvalue weighted by Crippen LogP contribution is 2.26. The Kier molecular flexibility index (Phi) is 6.01. The van der Waals surface area contributed by atoms with E-state index in [9.17, 15) is 9.59 Å². The number of carbonyl (C=O) groups excluding carboxylic acids is 2. The number of benzene rings is 1. The molecule has 0 bridgehead atoms. The number of carbonyl (C=O) groups is 2. The molecule has 1 N–H and O–H groups in total. The predicted octanol–water partition coefficient (Wildman–Crippen LogP) is 4.43. The number of aryl methyl sites for hydroxylation is 1. The van der Waals surface area contributed by atoms with E-state index >= 15 is 0 Å². The molecule has 0 spiro atoms. The molecule has 1 aromatic heterocycles. The number of nitrogens with one attached hydrogen (secondary N) is 1. The molecule has 6 nitrogen and oxygen atoms in total. The van der Waals surface area contributed by atoms with E-state index in [4.69, 9.17) is 4.74 Å². The maximum atomic E-state index is 13.3. The average molecular weight is 398 g/mol. The van der Waals surface area contributed by atoms with Crippen molar-refractivity contribution >= 4 is 29.0 Å². The summed E-state index contributed by atoms with van der Waals surface area (Å²) in [5.41, 5.74) is 2.23. The van der Waals surface area contributed by atoms with Gasteiger partial charge in [0.2, 0.25) is 0 Å². The maximum absolute atomic E-state index is 13.3. The molecule has 0 saturated carbocycles. The van der Waals surface area contributed by atoms with Crippen LogP contribution < -0.4 is 5.32 Å². The van der Waals surface area contributed by atoms with Gasteiger partial charge in [-0.25, -0.2) is 4.79 Å². The molecular formula is C23H31N3O3. The summed E-state index contributed by atoms with van der Waals surface area (Å²) in [4.78, 5) is 27.2. The molecule has 1 aliphatic heterocycles. The fourth-order valence-corrected chi connectivity index (χ4v) is 3.79. The van der Waals surface area contributed by atoms with Crippen molar-refractivity contribution in [1.82, 2.24) is 14.8 Å². The molecule has 1 fully saturated rings. The van der Waals surface area contributed by atoms with Gasteiger partial charge in [0.15, 0.2) is 0 Å². The Morgan fingerprint density at radius 3 is 2.76 bits per heavy atom. The Bertz CT molecular complexity index is 923. The zero-order valence-corrected chi connectivity index (χ0v) is 17.8. The summed E-state index contributed by atoms with van der Waals surface area (Å²) in [6.07, 6.45) is 4.99. The highest BCUT2D eigenvalue weighted by atomic mass is 16.6. The third-order valence-corrected chi connectivity index (χ3v) is 5.14. The van der Waals surface area contributed by atoms with Crippen LogP contribution in [0.3, 0.4) is 0 Å². The minimum atomic E-state index is -0.541. The zero-order chi connectivity index (χ0) is 21.2. The average Bonchev–Trinajstić information content (AvgIpc) is 3.03. The fraction of sp³-hybridized carbons (Fsp3) is 0.478. The van der Waals surface area contributed by atoms with Crippen LogP contribution in [0.1, 0.15) is 56.5 Å². The summed E-state index contributed by atoms with van der Waals surface area (Å²) in [5, 5.41) is 3.86. The molecule has 2 amide bonds. The van der Waals surface area contributed by atoms with Gasteiger partial charge in [0, 0.05) is 42.8 Å². The van der Waals surface area contributed by atoms with Gasteiger partial charge >= 0.3 is 6.09 Å². The lowest BCUT2D eigenvalue weighted by molar-refractivity contribution is 0.0452. The number of aromatic nitrogens is 1. The summed E-state index contributed by atoms with van der Waals surface area (Å²) < 4.78 is 7.45. The largest absolute Gasteiger partial charge is 0.444 e. The number of ether oxygens (including phenoxy) is 1. The lowest BCUT2D eigenvalue weighted by Crippen LogP contribution is -2.50. The van der Waals surface area contributed by atoms with E-state index in [1.165, 1.54) is 0 Å². The van der Waals surface area contributed by atoms with E-state index in [-0.39, 0.29) is 11.9 Å². The van der Waals surface area contributed by atoms with Crippen molar-refractivity contribution in [1.29, 1.82) is 0 Å². The van der Waals surface area contributed by atoms with E-state index in [0.29, 0.717) is 18.7 Å². The Morgan fingerprint density at radius 1 is 1.34 bits per heavy atom. The van der Waals surface area contributed by atoms with Gasteiger partial charge in [-0.3, -0.25) is 4.79 Å². The molecule has 0 aliphatic carbocycles. The van der Waals surface area contributed by atoms with Crippen LogP contribution in [-0.2, 0) is 11.3 Å². The van der Waals surface area contributed by atoms with E-state index in [0.717, 1.165) is 35.9 Å². The zero-order valence-electron chi connectivity index (χ0n) is 17.8. The topological polar surface area (TPSA) is 63.6 Å². The highest BCUT2D eigenvalue weighted by molar-refractivity contribution is 6.07. The first-order chi connectivity index (χ1) is 13.7. The van der Waals surface area contributed by atoms with Gasteiger partial charge in [-0.1, -0.05) is 24.8 Å². The van der Waals surface area contributed by atoms with Crippen LogP contribution in [0.25, 0.3) is 17.0 Å². The summed E-state index contributed by atoms with van der Waals surface area (Å²) in [5.74, 6) is 0.00393. The first-order valence-electron chi connectivity index (χ1n) is 10.3. The monoisotopic (exact) mass is 397 g/mol. The normalized spacial score (nSPS) is 17.2. The molecule has 1 saturated heterocycles. The summed E-state index contributed by atoms with van der Waals surface area (Å²) in [6.45, 7) is 13.4. The Labute approximate surface area is 172 Å². The van der Waals surface area contributed by atoms with Gasteiger partial charge < -0.3 is 19.5 Å². The smallest absolute Gasteiger partial charge is 0.407 e. The number of hydrogen-bond donors (Lipinski definition) is 1. The number of fused-ring (bicyclic) bond motifs is 1. The van der Waals surface area contributed by atoms with Crippen LogP contribution in [-0.4, -0.2) is 46.2 Å². The van der Waals surface area contributed by atoms with Gasteiger partial charge in [-0.05, 0) is 52.2 Å². The van der Waals surface area contributed by atoms with Crippen molar-refractivity contribution in [2.45, 2.75) is 58.7 Å². The number of likely N-dealkylation sites (tertiary alicyclic amines) is 1. The van der Waals surface area contributed by atoms with Gasteiger partial charge in [0.05, 0.1) is 5.56 Å². The summed E-state index contributed by atoms with van der Waals surface area (Å²) >= 11 is 0. The van der Waals surface area contributed by atoms with Gasteiger partial charge in [0.1, 0.15) is 5.60 Å². The van der Waals surface area contributed by atoms with E-state index < -0.39 is 11.7 Å². The second-order valence-electron chi connectivity index (χ2n) is 8.55. The number of hydrogen-bond acceptors (Lipinski definition) is 3. The summed E-state index contributed by atoms with van der Waals surface area (Å²) in [7, 11) is 0. The minimum Gasteiger partial charge on any atom is -0.444 e. The van der Waals surface area contributed by atoms with Gasteiger partial charge in [-0.15, -0.1) is 0 Å². The van der Waals surface area contributed by atoms with E-state index in [2.05, 4.69) is 29.5 Å². The molecule has 1 aromatic carbocycles. The molecular weight excluding hydrogens is 366 g/mol. The van der Waals surface area contributed by atoms with Crippen molar-refractivity contribution in [3.05, 3.63) is 42.1 Å². The van der Waals surface area contributed by atoms with Crippen molar-refractivity contribution in [2.75, 3.05) is 13.1 Å². The van der Waals surface area contributed by atoms with Crippen molar-refractivity contribution in [2.24, 2.45) is 0 Å². The maximum Gasteiger partial charge on any atom is 0.407 e. The molecule has 3 rings (SSSR count). The third kappa shape index (κ3) is 4.81. The molecule has 29 heavy (non-hydrogen) atoms. The van der Waals surface area contributed by atoms with Gasteiger partial charge in [-0.2, -0.15) is 0 Å². The van der Waals surface area contributed by atoms with Gasteiger partial charge in [0.25, 0.3) is 5.91 Å². The fourth-order valence-electron chi connectivity index (χ4n) is 3.79. The SMILES string of the molecule is C=Cc1ccc2c(C(=O)N3CCCC(NC(=O)OC(C)(C)C)C3)cn(CC)c2c1. The van der Waals surface area contributed by atoms with Crippen LogP contribution in [0, 0.1) is 0 Å². The molecule has 2 aromatic rings. The molecule has 1 aliphatic rings. The molecule has 2 heterocycles. The van der Waals surface area contributed by atoms with Crippen molar-refractivity contribution in [3.8, 4) is 0 Å². The quantitative estimate of drug-likeness (QED) is 0.830. The van der Waals surface area contributed by atoms with E-state index in [1.807, 2.05) is 50.1 Å². The minimum absolute atomic E-state index is 0.00393. The van der Waals surface area contributed by atoms with Crippen LogP contribution >= 0.6 is 0 Å². The number of rotatable bonds is 4. The van der Waals surface area contributed by atoms with Crippen LogP contribution in [0.15, 0.2) is 31.0 Å². The van der Waals surface area contributed by atoms with Crippen molar-refractivity contribution < 1.29 is 14.3 Å². The molecule has 0 radical (unpaired) electrons. The van der Waals surface area contributed by atoms with Crippen LogP contribution in [0.4, 0.5) is 4.79 Å². The second-order valence-corrected chi connectivity index (χ2v) is 8.55. The Hall–Kier alpha value is -2.76. The lowest BCUT2D eigenvalue weighted by Gasteiger charge is -2.33. The highest BCUT2D eigenvalue weighted by Gasteiger charge is 2.28. The standard InChI is InChI=1S/C23H31N3O3/c1-6-16-10-11-18-19(15-25(7-2)20(18)13-16)21(27)26-12-8-9-17(14-26)24-22(28)29-23(3,4)5/h6,10-11,13,15,17H,1,7-9,12,14H2,2-5H3,(H,24,28).